The van der Waals surface area contributed by atoms with Crippen molar-refractivity contribution >= 4 is 17.8 Å². The normalized spacial score (nSPS) is 10.7. The Hall–Kier alpha value is -2.46. The highest BCUT2D eigenvalue weighted by Crippen LogP contribution is 2.34. The number of methoxy groups -OCH3 is 1. The highest BCUT2D eigenvalue weighted by molar-refractivity contribution is 6.30. The SMILES string of the molecule is C=CCc1cc(/C=N\O)cc(OC)c1OCc1ccc(Cl)cc1. The predicted octanol–water partition coefficient (Wildman–Crippen LogP) is 4.46. The quantitative estimate of drug-likeness (QED) is 0.352. The van der Waals surface area contributed by atoms with Gasteiger partial charge in [0.1, 0.15) is 6.61 Å². The monoisotopic (exact) mass is 331 g/mol. The third kappa shape index (κ3) is 4.50. The molecule has 0 radical (unpaired) electrons. The van der Waals surface area contributed by atoms with Crippen LogP contribution in [0.3, 0.4) is 0 Å². The van der Waals surface area contributed by atoms with Crippen molar-refractivity contribution < 1.29 is 14.7 Å². The summed E-state index contributed by atoms with van der Waals surface area (Å²) in [5, 5.41) is 12.5. The molecule has 1 N–H and O–H groups in total. The Morgan fingerprint density at radius 1 is 1.26 bits per heavy atom. The van der Waals surface area contributed by atoms with E-state index in [1.807, 2.05) is 30.3 Å². The van der Waals surface area contributed by atoms with Gasteiger partial charge in [0, 0.05) is 16.1 Å². The molecule has 4 nitrogen and oxygen atoms in total. The molecule has 0 bridgehead atoms. The van der Waals surface area contributed by atoms with E-state index in [0.717, 1.165) is 16.7 Å². The topological polar surface area (TPSA) is 51.1 Å². The Kier molecular flexibility index (Phi) is 6.06. The Labute approximate surface area is 140 Å². The summed E-state index contributed by atoms with van der Waals surface area (Å²) in [6.07, 6.45) is 3.74. The van der Waals surface area contributed by atoms with Gasteiger partial charge in [-0.1, -0.05) is 35.0 Å². The standard InChI is InChI=1S/C18H18ClNO3/c1-3-4-15-9-14(11-20-21)10-17(22-2)18(15)23-12-13-5-7-16(19)8-6-13/h3,5-11,21H,1,4,12H2,2H3/b20-11-. The van der Waals surface area contributed by atoms with E-state index in [2.05, 4.69) is 11.7 Å². The minimum atomic E-state index is 0.394. The number of oxime groups is 1. The van der Waals surface area contributed by atoms with Crippen LogP contribution in [-0.2, 0) is 13.0 Å². The molecule has 0 heterocycles. The largest absolute Gasteiger partial charge is 0.493 e. The molecule has 0 saturated heterocycles. The first-order valence-electron chi connectivity index (χ1n) is 7.04. The van der Waals surface area contributed by atoms with Crippen molar-refractivity contribution in [3.8, 4) is 11.5 Å². The van der Waals surface area contributed by atoms with Gasteiger partial charge in [-0.25, -0.2) is 0 Å². The molecular formula is C18H18ClNO3. The summed E-state index contributed by atoms with van der Waals surface area (Å²) in [4.78, 5) is 0. The fourth-order valence-corrected chi connectivity index (χ4v) is 2.31. The lowest BCUT2D eigenvalue weighted by atomic mass is 10.1. The number of hydrogen-bond donors (Lipinski definition) is 1. The highest BCUT2D eigenvalue weighted by Gasteiger charge is 2.12. The van der Waals surface area contributed by atoms with E-state index in [4.69, 9.17) is 26.3 Å². The molecular weight excluding hydrogens is 314 g/mol. The second-order valence-electron chi connectivity index (χ2n) is 4.86. The Morgan fingerprint density at radius 2 is 2.00 bits per heavy atom. The van der Waals surface area contributed by atoms with Crippen molar-refractivity contribution in [3.05, 3.63) is 70.8 Å². The molecule has 2 aromatic carbocycles. The Balaban J connectivity index is 2.30. The fourth-order valence-electron chi connectivity index (χ4n) is 2.18. The first kappa shape index (κ1) is 16.9. The molecule has 0 atom stereocenters. The van der Waals surface area contributed by atoms with Crippen LogP contribution in [0.4, 0.5) is 0 Å². The third-order valence-corrected chi connectivity index (χ3v) is 3.49. The number of nitrogens with zero attached hydrogens (tertiary/aromatic N) is 1. The summed E-state index contributed by atoms with van der Waals surface area (Å²) in [5.74, 6) is 1.23. The number of allylic oxidation sites excluding steroid dienone is 1. The Morgan fingerprint density at radius 3 is 2.61 bits per heavy atom. The molecule has 0 saturated carbocycles. The maximum Gasteiger partial charge on any atom is 0.165 e. The zero-order valence-electron chi connectivity index (χ0n) is 12.8. The smallest absolute Gasteiger partial charge is 0.165 e. The van der Waals surface area contributed by atoms with Crippen LogP contribution in [0.15, 0.2) is 54.2 Å². The number of hydrogen-bond acceptors (Lipinski definition) is 4. The van der Waals surface area contributed by atoms with E-state index >= 15 is 0 Å². The van der Waals surface area contributed by atoms with Gasteiger partial charge in [0.15, 0.2) is 11.5 Å². The first-order chi connectivity index (χ1) is 11.2. The minimum Gasteiger partial charge on any atom is -0.493 e. The van der Waals surface area contributed by atoms with Gasteiger partial charge in [0.2, 0.25) is 0 Å². The maximum atomic E-state index is 8.71. The average molecular weight is 332 g/mol. The zero-order valence-corrected chi connectivity index (χ0v) is 13.6. The van der Waals surface area contributed by atoms with Crippen molar-refractivity contribution in [2.75, 3.05) is 7.11 Å². The van der Waals surface area contributed by atoms with E-state index < -0.39 is 0 Å². The van der Waals surface area contributed by atoms with Crippen LogP contribution in [0.2, 0.25) is 5.02 Å². The van der Waals surface area contributed by atoms with Crippen LogP contribution >= 0.6 is 11.6 Å². The molecule has 0 unspecified atom stereocenters. The fraction of sp³-hybridized carbons (Fsp3) is 0.167. The van der Waals surface area contributed by atoms with E-state index in [9.17, 15) is 0 Å². The van der Waals surface area contributed by atoms with Crippen molar-refractivity contribution in [2.45, 2.75) is 13.0 Å². The molecule has 120 valence electrons. The predicted molar refractivity (Wildman–Crippen MR) is 92.1 cm³/mol. The van der Waals surface area contributed by atoms with Crippen molar-refractivity contribution in [2.24, 2.45) is 5.16 Å². The average Bonchev–Trinajstić information content (AvgIpc) is 2.55. The van der Waals surface area contributed by atoms with Gasteiger partial charge >= 0.3 is 0 Å². The lowest BCUT2D eigenvalue weighted by molar-refractivity contribution is 0.282. The summed E-state index contributed by atoms with van der Waals surface area (Å²) < 4.78 is 11.4. The van der Waals surface area contributed by atoms with Crippen LogP contribution in [0.25, 0.3) is 0 Å². The van der Waals surface area contributed by atoms with E-state index in [0.29, 0.717) is 29.5 Å². The minimum absolute atomic E-state index is 0.394. The summed E-state index contributed by atoms with van der Waals surface area (Å²) in [5.41, 5.74) is 2.63. The van der Waals surface area contributed by atoms with Gasteiger partial charge < -0.3 is 14.7 Å². The van der Waals surface area contributed by atoms with Gasteiger partial charge in [-0.15, -0.1) is 6.58 Å². The van der Waals surface area contributed by atoms with Gasteiger partial charge in [0.05, 0.1) is 13.3 Å². The number of benzene rings is 2. The second kappa shape index (κ2) is 8.25. The van der Waals surface area contributed by atoms with Crippen LogP contribution in [0.1, 0.15) is 16.7 Å². The highest BCUT2D eigenvalue weighted by atomic mass is 35.5. The number of halogens is 1. The molecule has 0 spiro atoms. The summed E-state index contributed by atoms with van der Waals surface area (Å²) in [6.45, 7) is 4.16. The van der Waals surface area contributed by atoms with Crippen LogP contribution in [0, 0.1) is 0 Å². The molecule has 2 aromatic rings. The second-order valence-corrected chi connectivity index (χ2v) is 5.30. The molecule has 2 rings (SSSR count). The number of ether oxygens (including phenoxy) is 2. The van der Waals surface area contributed by atoms with Crippen LogP contribution in [0.5, 0.6) is 11.5 Å². The van der Waals surface area contributed by atoms with E-state index in [1.165, 1.54) is 6.21 Å². The van der Waals surface area contributed by atoms with Gasteiger partial charge in [0.25, 0.3) is 0 Å². The molecule has 5 heteroatoms. The van der Waals surface area contributed by atoms with Crippen molar-refractivity contribution in [1.29, 1.82) is 0 Å². The zero-order chi connectivity index (χ0) is 16.7. The van der Waals surface area contributed by atoms with Gasteiger partial charge in [-0.05, 0) is 36.2 Å². The first-order valence-corrected chi connectivity index (χ1v) is 7.42. The van der Waals surface area contributed by atoms with Gasteiger partial charge in [-0.2, -0.15) is 0 Å². The lowest BCUT2D eigenvalue weighted by Gasteiger charge is -2.15. The van der Waals surface area contributed by atoms with Crippen molar-refractivity contribution in [3.63, 3.8) is 0 Å². The number of rotatable bonds is 7. The van der Waals surface area contributed by atoms with E-state index in [1.54, 1.807) is 19.3 Å². The molecule has 0 aliphatic heterocycles. The van der Waals surface area contributed by atoms with Gasteiger partial charge in [-0.3, -0.25) is 0 Å². The summed E-state index contributed by atoms with van der Waals surface area (Å²) in [6, 6.07) is 11.1. The molecule has 0 aliphatic rings. The molecule has 0 fully saturated rings. The van der Waals surface area contributed by atoms with Crippen LogP contribution < -0.4 is 9.47 Å². The molecule has 23 heavy (non-hydrogen) atoms. The molecule has 0 aliphatic carbocycles. The maximum absolute atomic E-state index is 8.71. The van der Waals surface area contributed by atoms with Crippen molar-refractivity contribution in [1.82, 2.24) is 0 Å². The third-order valence-electron chi connectivity index (χ3n) is 3.24. The van der Waals surface area contributed by atoms with Crippen LogP contribution in [-0.4, -0.2) is 18.5 Å². The lowest BCUT2D eigenvalue weighted by Crippen LogP contribution is -2.02. The molecule has 0 amide bonds. The summed E-state index contributed by atoms with van der Waals surface area (Å²) in [7, 11) is 1.57. The molecule has 0 aromatic heterocycles. The Bertz CT molecular complexity index is 696. The summed E-state index contributed by atoms with van der Waals surface area (Å²) >= 11 is 5.89. The van der Waals surface area contributed by atoms with E-state index in [-0.39, 0.29) is 0 Å².